The predicted molar refractivity (Wildman–Crippen MR) is 156 cm³/mol. The minimum absolute atomic E-state index is 0.127. The number of esters is 1. The number of carbonyl (C=O) groups is 1. The third-order valence-corrected chi connectivity index (χ3v) is 8.52. The lowest BCUT2D eigenvalue weighted by Crippen LogP contribution is -2.28. The summed E-state index contributed by atoms with van der Waals surface area (Å²) in [6, 6.07) is 0. The molecule has 6 atom stereocenters. The van der Waals surface area contributed by atoms with Crippen LogP contribution in [0.3, 0.4) is 0 Å². The standard InChI is InChI=1S/C33H56O7/c1-4-6-14-25(3)15-13-16-26-21-22-28(34)27(26)17-7-8-18-29(39-30-19-9-11-23-37-30)32(33(35)36-5-2)40-31-20-10-12-24-38-31/h13,16,25-28,30-31,34H,4-12,14-15,17-24H2,1-3H3/b16-13+,32-29+/t25-,26+,27-,28+,30?,31?/m1/s1. The van der Waals surface area contributed by atoms with Gasteiger partial charge in [0.2, 0.25) is 5.76 Å². The Balaban J connectivity index is 1.61. The SMILES string of the molecule is CCCC[C@@H](C)C/C=C/[C@H]1CC[C@H](O)[C@@H]1CCCC/C(OC1CCCCO1)=C(\OC1CCCCO1)C(=O)OCC. The maximum Gasteiger partial charge on any atom is 0.377 e. The molecule has 40 heavy (non-hydrogen) atoms. The lowest BCUT2D eigenvalue weighted by atomic mass is 9.88. The number of carbonyl (C=O) groups excluding carboxylic acids is 1. The average Bonchev–Trinajstić information content (AvgIpc) is 3.32. The molecule has 7 heteroatoms. The van der Waals surface area contributed by atoms with Crippen LogP contribution in [0.15, 0.2) is 23.7 Å². The summed E-state index contributed by atoms with van der Waals surface area (Å²) in [5, 5.41) is 10.7. The van der Waals surface area contributed by atoms with Gasteiger partial charge in [-0.15, -0.1) is 0 Å². The first-order valence-electron chi connectivity index (χ1n) is 16.3. The first-order valence-corrected chi connectivity index (χ1v) is 16.3. The summed E-state index contributed by atoms with van der Waals surface area (Å²) in [5.74, 6) is 1.57. The third-order valence-electron chi connectivity index (χ3n) is 8.52. The van der Waals surface area contributed by atoms with Crippen molar-refractivity contribution in [1.29, 1.82) is 0 Å². The van der Waals surface area contributed by atoms with Gasteiger partial charge in [-0.1, -0.05) is 51.7 Å². The van der Waals surface area contributed by atoms with E-state index in [2.05, 4.69) is 26.0 Å². The maximum absolute atomic E-state index is 13.0. The average molecular weight is 565 g/mol. The van der Waals surface area contributed by atoms with Crippen molar-refractivity contribution in [2.24, 2.45) is 17.8 Å². The van der Waals surface area contributed by atoms with Crippen molar-refractivity contribution >= 4 is 5.97 Å². The molecular formula is C33H56O7. The van der Waals surface area contributed by atoms with Crippen molar-refractivity contribution in [3.05, 3.63) is 23.7 Å². The number of hydrogen-bond donors (Lipinski definition) is 1. The summed E-state index contributed by atoms with van der Waals surface area (Å²) in [6.45, 7) is 7.92. The second-order valence-electron chi connectivity index (χ2n) is 11.9. The molecule has 0 amide bonds. The summed E-state index contributed by atoms with van der Waals surface area (Å²) in [7, 11) is 0. The van der Waals surface area contributed by atoms with Gasteiger partial charge >= 0.3 is 5.97 Å². The highest BCUT2D eigenvalue weighted by atomic mass is 16.7. The molecule has 0 radical (unpaired) electrons. The van der Waals surface area contributed by atoms with Crippen LogP contribution < -0.4 is 0 Å². The van der Waals surface area contributed by atoms with Crippen LogP contribution in [0.25, 0.3) is 0 Å². The Hall–Kier alpha value is -1.57. The number of rotatable bonds is 17. The fourth-order valence-electron chi connectivity index (χ4n) is 6.09. The van der Waals surface area contributed by atoms with E-state index in [4.69, 9.17) is 23.7 Å². The fourth-order valence-corrected chi connectivity index (χ4v) is 6.09. The lowest BCUT2D eigenvalue weighted by Gasteiger charge is -2.28. The van der Waals surface area contributed by atoms with Crippen LogP contribution in [-0.4, -0.2) is 49.6 Å². The van der Waals surface area contributed by atoms with Crippen molar-refractivity contribution in [2.45, 2.75) is 142 Å². The molecule has 1 aliphatic carbocycles. The lowest BCUT2D eigenvalue weighted by molar-refractivity contribution is -0.173. The Morgan fingerprint density at radius 2 is 1.68 bits per heavy atom. The Bertz CT molecular complexity index is 767. The van der Waals surface area contributed by atoms with Gasteiger partial charge in [-0.25, -0.2) is 4.79 Å². The number of ether oxygens (including phenoxy) is 5. The van der Waals surface area contributed by atoms with Gasteiger partial charge in [-0.3, -0.25) is 0 Å². The largest absolute Gasteiger partial charge is 0.465 e. The third kappa shape index (κ3) is 11.4. The summed E-state index contributed by atoms with van der Waals surface area (Å²) in [5.41, 5.74) is 0. The molecule has 3 aliphatic rings. The molecule has 0 aromatic heterocycles. The van der Waals surface area contributed by atoms with Crippen LogP contribution in [0, 0.1) is 17.8 Å². The van der Waals surface area contributed by atoms with E-state index in [9.17, 15) is 9.90 Å². The van der Waals surface area contributed by atoms with Crippen LogP contribution in [0.4, 0.5) is 0 Å². The molecule has 230 valence electrons. The monoisotopic (exact) mass is 564 g/mol. The van der Waals surface area contributed by atoms with Crippen molar-refractivity contribution < 1.29 is 33.6 Å². The zero-order chi connectivity index (χ0) is 28.6. The molecule has 2 heterocycles. The van der Waals surface area contributed by atoms with Crippen LogP contribution in [0.5, 0.6) is 0 Å². The molecule has 0 spiro atoms. The molecule has 0 aromatic carbocycles. The van der Waals surface area contributed by atoms with E-state index in [1.54, 1.807) is 6.92 Å². The van der Waals surface area contributed by atoms with Crippen molar-refractivity contribution in [2.75, 3.05) is 19.8 Å². The van der Waals surface area contributed by atoms with Gasteiger partial charge in [0.1, 0.15) is 5.76 Å². The highest BCUT2D eigenvalue weighted by Gasteiger charge is 2.33. The summed E-state index contributed by atoms with van der Waals surface area (Å²) >= 11 is 0. The molecule has 2 unspecified atom stereocenters. The van der Waals surface area contributed by atoms with Crippen LogP contribution in [0.2, 0.25) is 0 Å². The zero-order valence-corrected chi connectivity index (χ0v) is 25.5. The summed E-state index contributed by atoms with van der Waals surface area (Å²) < 4.78 is 29.4. The van der Waals surface area contributed by atoms with E-state index in [0.717, 1.165) is 77.0 Å². The zero-order valence-electron chi connectivity index (χ0n) is 25.5. The Morgan fingerprint density at radius 1 is 0.950 bits per heavy atom. The molecule has 7 nitrogen and oxygen atoms in total. The van der Waals surface area contributed by atoms with E-state index < -0.39 is 12.3 Å². The molecule has 2 saturated heterocycles. The maximum atomic E-state index is 13.0. The van der Waals surface area contributed by atoms with E-state index >= 15 is 0 Å². The Morgan fingerprint density at radius 3 is 2.33 bits per heavy atom. The van der Waals surface area contributed by atoms with E-state index in [1.165, 1.54) is 19.3 Å². The summed E-state index contributed by atoms with van der Waals surface area (Å²) in [4.78, 5) is 13.0. The first kappa shape index (κ1) is 32.9. The normalized spacial score (nSPS) is 28.8. The smallest absolute Gasteiger partial charge is 0.377 e. The Kier molecular flexibility index (Phi) is 15.5. The van der Waals surface area contributed by atoms with Gasteiger partial charge in [0, 0.05) is 19.3 Å². The highest BCUT2D eigenvalue weighted by molar-refractivity contribution is 5.86. The van der Waals surface area contributed by atoms with Gasteiger partial charge in [0.25, 0.3) is 0 Å². The number of hydrogen-bond acceptors (Lipinski definition) is 7. The van der Waals surface area contributed by atoms with Crippen molar-refractivity contribution in [3.8, 4) is 0 Å². The van der Waals surface area contributed by atoms with Gasteiger partial charge in [0.15, 0.2) is 12.6 Å². The number of aliphatic hydroxyl groups excluding tert-OH is 1. The van der Waals surface area contributed by atoms with Gasteiger partial charge in [-0.05, 0) is 82.5 Å². The number of aliphatic hydroxyl groups is 1. The van der Waals surface area contributed by atoms with Crippen molar-refractivity contribution in [3.63, 3.8) is 0 Å². The van der Waals surface area contributed by atoms with Crippen LogP contribution in [0.1, 0.15) is 124 Å². The molecular weight excluding hydrogens is 508 g/mol. The molecule has 0 aromatic rings. The van der Waals surface area contributed by atoms with E-state index in [-0.39, 0.29) is 30.7 Å². The van der Waals surface area contributed by atoms with E-state index in [1.807, 2.05) is 0 Å². The summed E-state index contributed by atoms with van der Waals surface area (Å²) in [6.07, 6.45) is 19.4. The van der Waals surface area contributed by atoms with Gasteiger partial charge < -0.3 is 28.8 Å². The quantitative estimate of drug-likeness (QED) is 0.0641. The minimum Gasteiger partial charge on any atom is -0.465 e. The number of unbranched alkanes of at least 4 members (excludes halogenated alkanes) is 2. The second kappa shape index (κ2) is 18.8. The van der Waals surface area contributed by atoms with Gasteiger partial charge in [0.05, 0.1) is 25.9 Å². The molecule has 3 fully saturated rings. The van der Waals surface area contributed by atoms with Crippen molar-refractivity contribution in [1.82, 2.24) is 0 Å². The molecule has 1 N–H and O–H groups in total. The fraction of sp³-hybridized carbons (Fsp3) is 0.848. The molecule has 2 aliphatic heterocycles. The van der Waals surface area contributed by atoms with Crippen LogP contribution >= 0.6 is 0 Å². The van der Waals surface area contributed by atoms with Gasteiger partial charge in [-0.2, -0.15) is 0 Å². The molecule has 0 bridgehead atoms. The second-order valence-corrected chi connectivity index (χ2v) is 11.9. The van der Waals surface area contributed by atoms with Crippen LogP contribution in [-0.2, 0) is 28.5 Å². The number of allylic oxidation sites excluding steroid dienone is 3. The van der Waals surface area contributed by atoms with E-state index in [0.29, 0.717) is 37.2 Å². The first-order chi connectivity index (χ1) is 19.5. The molecule has 3 rings (SSSR count). The highest BCUT2D eigenvalue weighted by Crippen LogP contribution is 2.37. The minimum atomic E-state index is -0.507. The molecule has 1 saturated carbocycles. The predicted octanol–water partition coefficient (Wildman–Crippen LogP) is 7.57. The Labute approximate surface area is 243 Å². The topological polar surface area (TPSA) is 83.5 Å².